The molecule has 0 saturated heterocycles. The highest BCUT2D eigenvalue weighted by Crippen LogP contribution is 2.27. The van der Waals surface area contributed by atoms with E-state index in [0.29, 0.717) is 6.42 Å². The zero-order chi connectivity index (χ0) is 20.3. The predicted octanol–water partition coefficient (Wildman–Crippen LogP) is 5.35. The first-order valence-electron chi connectivity index (χ1n) is 10.4. The van der Waals surface area contributed by atoms with E-state index in [1.54, 1.807) is 0 Å². The number of hydrogen-bond acceptors (Lipinski definition) is 2. The van der Waals surface area contributed by atoms with Gasteiger partial charge in [-0.05, 0) is 36.0 Å². The third kappa shape index (κ3) is 6.58. The van der Waals surface area contributed by atoms with E-state index in [1.807, 2.05) is 66.7 Å². The van der Waals surface area contributed by atoms with Crippen LogP contribution in [0.15, 0.2) is 91.0 Å². The molecule has 0 heterocycles. The van der Waals surface area contributed by atoms with Crippen molar-refractivity contribution in [2.75, 3.05) is 0 Å². The second-order valence-electron chi connectivity index (χ2n) is 7.44. The fraction of sp³-hybridized carbons (Fsp3) is 0.269. The van der Waals surface area contributed by atoms with Gasteiger partial charge in [0.05, 0.1) is 12.1 Å². The van der Waals surface area contributed by atoms with Crippen molar-refractivity contribution in [2.24, 2.45) is 5.73 Å². The fourth-order valence-corrected chi connectivity index (χ4v) is 3.59. The second-order valence-corrected chi connectivity index (χ2v) is 7.44. The van der Waals surface area contributed by atoms with Crippen LogP contribution >= 0.6 is 0 Å². The van der Waals surface area contributed by atoms with Crippen molar-refractivity contribution in [1.29, 1.82) is 0 Å². The summed E-state index contributed by atoms with van der Waals surface area (Å²) in [4.78, 5) is 12.6. The lowest BCUT2D eigenvalue weighted by Gasteiger charge is -2.26. The molecule has 0 saturated carbocycles. The standard InChI is InChI=1S/C26H30N2O/c27-25(22-16-8-3-9-17-22)26(23-18-10-4-11-19-23)28-24(29)20-12-2-7-15-21-13-5-1-6-14-21/h1,3-6,8-11,13-14,16-19,25-26H,2,7,12,15,20,27H2,(H,28,29)/t25-,26-/m1/s1. The lowest BCUT2D eigenvalue weighted by atomic mass is 9.94. The smallest absolute Gasteiger partial charge is 0.220 e. The fourth-order valence-electron chi connectivity index (χ4n) is 3.59. The molecule has 3 aromatic carbocycles. The minimum Gasteiger partial charge on any atom is -0.347 e. The molecule has 0 unspecified atom stereocenters. The molecule has 0 aromatic heterocycles. The molecule has 0 aliphatic rings. The molecule has 1 amide bonds. The Labute approximate surface area is 174 Å². The maximum atomic E-state index is 12.6. The van der Waals surface area contributed by atoms with E-state index >= 15 is 0 Å². The first-order chi connectivity index (χ1) is 14.2. The van der Waals surface area contributed by atoms with Crippen LogP contribution in [0.4, 0.5) is 0 Å². The normalized spacial score (nSPS) is 12.9. The van der Waals surface area contributed by atoms with Crippen molar-refractivity contribution in [3.8, 4) is 0 Å². The van der Waals surface area contributed by atoms with Gasteiger partial charge in [-0.3, -0.25) is 4.79 Å². The Bertz CT molecular complexity index is 850. The lowest BCUT2D eigenvalue weighted by Crippen LogP contribution is -2.35. The Morgan fingerprint density at radius 3 is 1.90 bits per heavy atom. The van der Waals surface area contributed by atoms with E-state index in [4.69, 9.17) is 5.73 Å². The molecule has 3 N–H and O–H groups in total. The molecule has 3 aromatic rings. The largest absolute Gasteiger partial charge is 0.347 e. The summed E-state index contributed by atoms with van der Waals surface area (Å²) in [5.74, 6) is 0.0601. The maximum Gasteiger partial charge on any atom is 0.220 e. The molecule has 150 valence electrons. The van der Waals surface area contributed by atoms with Crippen LogP contribution in [0.3, 0.4) is 0 Å². The molecule has 0 aliphatic carbocycles. The summed E-state index contributed by atoms with van der Waals surface area (Å²) in [6.45, 7) is 0. The third-order valence-electron chi connectivity index (χ3n) is 5.23. The summed E-state index contributed by atoms with van der Waals surface area (Å²) in [6.07, 6.45) is 4.63. The molecule has 29 heavy (non-hydrogen) atoms. The van der Waals surface area contributed by atoms with Crippen LogP contribution < -0.4 is 11.1 Å². The Balaban J connectivity index is 1.52. The van der Waals surface area contributed by atoms with E-state index in [2.05, 4.69) is 29.6 Å². The Morgan fingerprint density at radius 2 is 1.28 bits per heavy atom. The van der Waals surface area contributed by atoms with E-state index < -0.39 is 0 Å². The topological polar surface area (TPSA) is 55.1 Å². The molecule has 0 fully saturated rings. The van der Waals surface area contributed by atoms with Gasteiger partial charge in [0.2, 0.25) is 5.91 Å². The van der Waals surface area contributed by atoms with Crippen molar-refractivity contribution < 1.29 is 4.79 Å². The summed E-state index contributed by atoms with van der Waals surface area (Å²) in [6, 6.07) is 29.9. The summed E-state index contributed by atoms with van der Waals surface area (Å²) >= 11 is 0. The minimum atomic E-state index is -0.291. The number of aryl methyl sites for hydroxylation is 1. The maximum absolute atomic E-state index is 12.6. The van der Waals surface area contributed by atoms with Gasteiger partial charge in [-0.25, -0.2) is 0 Å². The number of benzene rings is 3. The van der Waals surface area contributed by atoms with Gasteiger partial charge in [-0.15, -0.1) is 0 Å². The quantitative estimate of drug-likeness (QED) is 0.462. The van der Waals surface area contributed by atoms with Crippen molar-refractivity contribution in [3.63, 3.8) is 0 Å². The van der Waals surface area contributed by atoms with E-state index in [0.717, 1.165) is 36.8 Å². The minimum absolute atomic E-state index is 0.0601. The van der Waals surface area contributed by atoms with Gasteiger partial charge in [-0.2, -0.15) is 0 Å². The zero-order valence-electron chi connectivity index (χ0n) is 16.8. The average Bonchev–Trinajstić information content (AvgIpc) is 2.78. The van der Waals surface area contributed by atoms with Crippen molar-refractivity contribution in [3.05, 3.63) is 108 Å². The molecule has 0 radical (unpaired) electrons. The van der Waals surface area contributed by atoms with Gasteiger partial charge in [0, 0.05) is 6.42 Å². The second kappa shape index (κ2) is 11.2. The Hall–Kier alpha value is -2.91. The number of carbonyl (C=O) groups is 1. The molecular formula is C26H30N2O. The average molecular weight is 387 g/mol. The highest BCUT2D eigenvalue weighted by atomic mass is 16.1. The van der Waals surface area contributed by atoms with Crippen LogP contribution in [0.5, 0.6) is 0 Å². The highest BCUT2D eigenvalue weighted by molar-refractivity contribution is 5.76. The molecule has 0 bridgehead atoms. The van der Waals surface area contributed by atoms with Crippen molar-refractivity contribution in [2.45, 2.75) is 44.2 Å². The number of amides is 1. The van der Waals surface area contributed by atoms with E-state index in [1.165, 1.54) is 5.56 Å². The van der Waals surface area contributed by atoms with Crippen LogP contribution in [0, 0.1) is 0 Å². The highest BCUT2D eigenvalue weighted by Gasteiger charge is 2.23. The Morgan fingerprint density at radius 1 is 0.724 bits per heavy atom. The monoisotopic (exact) mass is 386 g/mol. The molecule has 2 atom stereocenters. The zero-order valence-corrected chi connectivity index (χ0v) is 16.8. The van der Waals surface area contributed by atoms with Crippen LogP contribution in [0.25, 0.3) is 0 Å². The van der Waals surface area contributed by atoms with Gasteiger partial charge in [-0.1, -0.05) is 97.4 Å². The first kappa shape index (κ1) is 20.8. The number of unbranched alkanes of at least 4 members (excludes halogenated alkanes) is 2. The van der Waals surface area contributed by atoms with E-state index in [9.17, 15) is 4.79 Å². The SMILES string of the molecule is N[C@H](c1ccccc1)[C@H](NC(=O)CCCCCc1ccccc1)c1ccccc1. The van der Waals surface area contributed by atoms with Crippen molar-refractivity contribution in [1.82, 2.24) is 5.32 Å². The van der Waals surface area contributed by atoms with Gasteiger partial charge < -0.3 is 11.1 Å². The van der Waals surface area contributed by atoms with Crippen LogP contribution in [0.2, 0.25) is 0 Å². The van der Waals surface area contributed by atoms with Crippen molar-refractivity contribution >= 4 is 5.91 Å². The summed E-state index contributed by atoms with van der Waals surface area (Å²) in [7, 11) is 0. The Kier molecular flexibility index (Phi) is 8.02. The van der Waals surface area contributed by atoms with Gasteiger partial charge >= 0.3 is 0 Å². The van der Waals surface area contributed by atoms with Gasteiger partial charge in [0.1, 0.15) is 0 Å². The first-order valence-corrected chi connectivity index (χ1v) is 10.4. The molecule has 3 rings (SSSR count). The molecule has 3 nitrogen and oxygen atoms in total. The van der Waals surface area contributed by atoms with E-state index in [-0.39, 0.29) is 18.0 Å². The summed E-state index contributed by atoms with van der Waals surface area (Å²) < 4.78 is 0. The molecular weight excluding hydrogens is 356 g/mol. The van der Waals surface area contributed by atoms with Crippen LogP contribution in [-0.2, 0) is 11.2 Å². The number of nitrogens with two attached hydrogens (primary N) is 1. The van der Waals surface area contributed by atoms with Crippen LogP contribution in [0.1, 0.15) is 54.5 Å². The van der Waals surface area contributed by atoms with Crippen LogP contribution in [-0.4, -0.2) is 5.91 Å². The number of rotatable bonds is 10. The number of nitrogens with one attached hydrogen (secondary N) is 1. The predicted molar refractivity (Wildman–Crippen MR) is 119 cm³/mol. The number of carbonyl (C=O) groups excluding carboxylic acids is 1. The molecule has 0 spiro atoms. The van der Waals surface area contributed by atoms with Gasteiger partial charge in [0.25, 0.3) is 0 Å². The lowest BCUT2D eigenvalue weighted by molar-refractivity contribution is -0.122. The summed E-state index contributed by atoms with van der Waals surface area (Å²) in [5.41, 5.74) is 9.95. The van der Waals surface area contributed by atoms with Gasteiger partial charge in [0.15, 0.2) is 0 Å². The number of hydrogen-bond donors (Lipinski definition) is 2. The third-order valence-corrected chi connectivity index (χ3v) is 5.23. The molecule has 3 heteroatoms. The summed E-state index contributed by atoms with van der Waals surface area (Å²) in [5, 5.41) is 3.18. The molecule has 0 aliphatic heterocycles.